The Bertz CT molecular complexity index is 3120. The number of rotatable bonds is 11. The SMILES string of the molecule is CC[C@H](C)[C@@H]1NC(=O)[C@H](CC(C)C)N(C)C(=O)C[C@@H](C(=O)N2CCOCC2)N(C)C(=O)[C@H](C2CCCC2)N(C)C(=O)C2(CCCC2)NC(=O)[C@@H]2CCCN2C(=O)[C@H](CCC2CCC(C(F)(F)F)C(Cl)C2)NC(=O)CN(C)C(=O)[C@H](CC2CCC(F)CC2)N2C/C=C\CC[C@@H](C2=O)N(C)C(=O)CN(C)C1=O. The summed E-state index contributed by atoms with van der Waals surface area (Å²) < 4.78 is 62.6. The van der Waals surface area contributed by atoms with E-state index in [4.69, 9.17) is 16.3 Å². The van der Waals surface area contributed by atoms with E-state index < -0.39 is 186 Å². The van der Waals surface area contributed by atoms with Crippen LogP contribution in [-0.4, -0.2) is 281 Å². The highest BCUT2D eigenvalue weighted by Crippen LogP contribution is 2.44. The lowest BCUT2D eigenvalue weighted by atomic mass is 9.78. The average molecular weight is 1510 g/mol. The summed E-state index contributed by atoms with van der Waals surface area (Å²) in [6, 6.07) is -10.1. The predicted octanol–water partition coefficient (Wildman–Crippen LogP) is 5.98. The third-order valence-corrected chi connectivity index (χ3v) is 24.6. The predicted molar refractivity (Wildman–Crippen MR) is 383 cm³/mol. The minimum atomic E-state index is -4.53. The molecule has 0 aromatic rings. The average Bonchev–Trinajstić information content (AvgIpc) is 1.73. The maximum Gasteiger partial charge on any atom is 0.393 e. The first kappa shape index (κ1) is 84.0. The second kappa shape index (κ2) is 37.4. The first-order chi connectivity index (χ1) is 49.7. The standard InChI is InChI=1S/C75H117ClF4N12O13/c1-11-47(4)63-71(102)85(6)45-62(95)86(7)56-22-13-12-18-34-92(70(56)101)59(42-49-24-28-51(77)29-25-49)68(99)84(5)44-60(93)81-54(31-27-48-26-30-52(53(76)41-48)75(78,79)80)67(98)91-35-19-23-55(91)66(97)83-74(32-16-17-33-74)73(104)89(10)64(50-20-14-15-21-50)72(103)88(9)58(69(100)90-36-38-105-39-37-90)43-61(94)87(8)57(40-46(2)3)65(96)82-63/h12,18,46-59,63-64H,11,13-17,19-45H2,1-10H3,(H,81,93)(H,82,96)(H,83,97)/b18-12-/t47-,48?,49?,51?,52?,53?,54-,55-,56-,57-,58-,59-,63-,64-/m0/s1. The largest absolute Gasteiger partial charge is 0.393 e. The Morgan fingerprint density at radius 2 is 1.29 bits per heavy atom. The van der Waals surface area contributed by atoms with Gasteiger partial charge in [0.05, 0.1) is 38.6 Å². The third kappa shape index (κ3) is 20.8. The van der Waals surface area contributed by atoms with Gasteiger partial charge in [-0.05, 0) is 152 Å². The van der Waals surface area contributed by atoms with Crippen molar-refractivity contribution in [1.82, 2.24) is 60.0 Å². The number of carbonyl (C=O) groups is 12. The number of nitrogens with one attached hydrogen (secondary N) is 3. The van der Waals surface area contributed by atoms with Gasteiger partial charge in [-0.2, -0.15) is 13.2 Å². The van der Waals surface area contributed by atoms with Crippen molar-refractivity contribution in [3.63, 3.8) is 0 Å². The molecule has 105 heavy (non-hydrogen) atoms. The zero-order valence-electron chi connectivity index (χ0n) is 63.4. The first-order valence-corrected chi connectivity index (χ1v) is 39.1. The normalized spacial score (nSPS) is 32.0. The number of fused-ring (bicyclic) bond motifs is 3. The molecule has 7 fully saturated rings. The number of morpholine rings is 1. The van der Waals surface area contributed by atoms with E-state index in [-0.39, 0.29) is 135 Å². The van der Waals surface area contributed by atoms with Gasteiger partial charge < -0.3 is 64.8 Å². The fourth-order valence-corrected chi connectivity index (χ4v) is 17.9. The molecule has 25 nitrogen and oxygen atoms in total. The minimum Gasteiger partial charge on any atom is -0.378 e. The number of alkyl halides is 5. The maximum atomic E-state index is 15.8. The van der Waals surface area contributed by atoms with Crippen LogP contribution in [0.3, 0.4) is 0 Å². The number of ether oxygens (including phenoxy) is 1. The van der Waals surface area contributed by atoms with E-state index in [1.165, 1.54) is 76.6 Å². The van der Waals surface area contributed by atoms with Gasteiger partial charge in [-0.3, -0.25) is 57.5 Å². The fourth-order valence-electron chi connectivity index (χ4n) is 17.4. The Kier molecular flexibility index (Phi) is 30.0. The molecule has 4 heterocycles. The highest BCUT2D eigenvalue weighted by Gasteiger charge is 2.53. The highest BCUT2D eigenvalue weighted by molar-refractivity contribution is 6.21. The molecule has 12 atom stereocenters. The first-order valence-electron chi connectivity index (χ1n) is 38.6. The minimum absolute atomic E-state index is 0.0238. The maximum absolute atomic E-state index is 15.8. The number of nitrogens with zero attached hydrogens (tertiary/aromatic N) is 9. The number of allylic oxidation sites excluding steroid dienone is 1. The lowest BCUT2D eigenvalue weighted by molar-refractivity contribution is -0.182. The summed E-state index contributed by atoms with van der Waals surface area (Å²) in [6.45, 7) is 6.72. The molecule has 0 radical (unpaired) electrons. The molecule has 8 aliphatic rings. The van der Waals surface area contributed by atoms with Crippen LogP contribution in [0.5, 0.6) is 0 Å². The molecule has 12 amide bonds. The molecule has 590 valence electrons. The molecule has 2 bridgehead atoms. The zero-order chi connectivity index (χ0) is 76.9. The molecular weight excluding hydrogens is 1390 g/mol. The number of likely N-dealkylation sites (N-methyl/N-ethyl adjacent to an activating group) is 6. The van der Waals surface area contributed by atoms with E-state index in [1.807, 2.05) is 26.8 Å². The van der Waals surface area contributed by atoms with E-state index >= 15 is 38.4 Å². The lowest BCUT2D eigenvalue weighted by Crippen LogP contribution is -2.65. The lowest BCUT2D eigenvalue weighted by Gasteiger charge is -2.42. The van der Waals surface area contributed by atoms with Crippen molar-refractivity contribution in [3.05, 3.63) is 12.2 Å². The van der Waals surface area contributed by atoms with Crippen molar-refractivity contribution in [2.45, 2.75) is 260 Å². The van der Waals surface area contributed by atoms with Gasteiger partial charge in [0.2, 0.25) is 70.9 Å². The summed E-state index contributed by atoms with van der Waals surface area (Å²) in [5, 5.41) is 7.59. The van der Waals surface area contributed by atoms with Crippen LogP contribution in [0, 0.1) is 35.5 Å². The molecule has 8 rings (SSSR count). The quantitative estimate of drug-likeness (QED) is 0.122. The smallest absolute Gasteiger partial charge is 0.378 e. The zero-order valence-corrected chi connectivity index (χ0v) is 64.2. The summed E-state index contributed by atoms with van der Waals surface area (Å²) in [4.78, 5) is 194. The highest BCUT2D eigenvalue weighted by atomic mass is 35.5. The Labute approximate surface area is 622 Å². The van der Waals surface area contributed by atoms with E-state index in [2.05, 4.69) is 16.0 Å². The molecule has 3 unspecified atom stereocenters. The second-order valence-electron chi connectivity index (χ2n) is 31.9. The number of carbonyl (C=O) groups excluding carboxylic acids is 12. The van der Waals surface area contributed by atoms with Crippen molar-refractivity contribution < 1.29 is 79.8 Å². The van der Waals surface area contributed by atoms with Crippen LogP contribution in [0.2, 0.25) is 0 Å². The van der Waals surface area contributed by atoms with Crippen molar-refractivity contribution >= 4 is 82.5 Å². The Morgan fingerprint density at radius 1 is 0.638 bits per heavy atom. The van der Waals surface area contributed by atoms with Crippen LogP contribution in [0.25, 0.3) is 0 Å². The number of hydrogen-bond acceptors (Lipinski definition) is 13. The van der Waals surface area contributed by atoms with Crippen LogP contribution in [0.4, 0.5) is 17.6 Å². The fraction of sp³-hybridized carbons (Fsp3) is 0.813. The summed E-state index contributed by atoms with van der Waals surface area (Å²) in [5.41, 5.74) is -1.58. The summed E-state index contributed by atoms with van der Waals surface area (Å²) in [7, 11) is 8.55. The van der Waals surface area contributed by atoms with Gasteiger partial charge in [-0.15, -0.1) is 11.6 Å². The third-order valence-electron chi connectivity index (χ3n) is 24.1. The summed E-state index contributed by atoms with van der Waals surface area (Å²) >= 11 is 6.43. The van der Waals surface area contributed by atoms with Gasteiger partial charge in [-0.25, -0.2) is 4.39 Å². The van der Waals surface area contributed by atoms with Gasteiger partial charge in [0.1, 0.15) is 60.0 Å². The number of amides is 12. The molecular formula is C75H117ClF4N12O13. The van der Waals surface area contributed by atoms with Crippen molar-refractivity contribution in [2.24, 2.45) is 35.5 Å². The van der Waals surface area contributed by atoms with E-state index in [0.29, 0.717) is 57.8 Å². The molecule has 3 saturated heterocycles. The van der Waals surface area contributed by atoms with Crippen molar-refractivity contribution in [2.75, 3.05) is 94.8 Å². The van der Waals surface area contributed by atoms with Gasteiger partial charge in [0.25, 0.3) is 0 Å². The molecule has 4 saturated carbocycles. The van der Waals surface area contributed by atoms with E-state index in [9.17, 15) is 36.7 Å². The van der Waals surface area contributed by atoms with Crippen molar-refractivity contribution in [1.29, 1.82) is 0 Å². The van der Waals surface area contributed by atoms with E-state index in [1.54, 1.807) is 13.0 Å². The molecule has 0 aromatic carbocycles. The second-order valence-corrected chi connectivity index (χ2v) is 32.4. The van der Waals surface area contributed by atoms with Crippen LogP contribution < -0.4 is 16.0 Å². The van der Waals surface area contributed by atoms with Gasteiger partial charge in [0, 0.05) is 73.8 Å². The van der Waals surface area contributed by atoms with Crippen molar-refractivity contribution in [3.8, 4) is 0 Å². The molecule has 4 aliphatic heterocycles. The molecule has 30 heteroatoms. The van der Waals surface area contributed by atoms with Gasteiger partial charge in [-0.1, -0.05) is 72.0 Å². The monoisotopic (exact) mass is 1500 g/mol. The Hall–Kier alpha value is -6.65. The number of halogens is 5. The summed E-state index contributed by atoms with van der Waals surface area (Å²) in [5.74, 6) is -11.4. The Morgan fingerprint density at radius 3 is 1.91 bits per heavy atom. The van der Waals surface area contributed by atoms with Crippen LogP contribution in [0.1, 0.15) is 188 Å². The van der Waals surface area contributed by atoms with Crippen LogP contribution in [-0.2, 0) is 62.3 Å². The van der Waals surface area contributed by atoms with E-state index in [0.717, 1.165) is 22.6 Å². The molecule has 0 aromatic heterocycles. The summed E-state index contributed by atoms with van der Waals surface area (Å²) in [6.07, 6.45) is 3.87. The van der Waals surface area contributed by atoms with Crippen LogP contribution in [0.15, 0.2) is 12.2 Å². The molecule has 3 N–H and O–H groups in total. The van der Waals surface area contributed by atoms with Gasteiger partial charge in [0.15, 0.2) is 0 Å². The number of hydrogen-bond donors (Lipinski definition) is 3. The Balaban J connectivity index is 1.19. The van der Waals surface area contributed by atoms with Gasteiger partial charge >= 0.3 is 6.18 Å². The van der Waals surface area contributed by atoms with Crippen LogP contribution >= 0.6 is 11.6 Å². The topological polar surface area (TPSA) is 279 Å². The molecule has 4 aliphatic carbocycles. The molecule has 1 spiro atoms.